The fraction of sp³-hybridized carbons (Fsp3) is 0.125. The van der Waals surface area contributed by atoms with Crippen LogP contribution in [0, 0.1) is 0 Å². The number of fused-ring (bicyclic) bond motifs is 1. The van der Waals surface area contributed by atoms with Gasteiger partial charge in [0.25, 0.3) is 0 Å². The summed E-state index contributed by atoms with van der Waals surface area (Å²) >= 11 is 1.41. The van der Waals surface area contributed by atoms with E-state index in [0.29, 0.717) is 6.54 Å². The summed E-state index contributed by atoms with van der Waals surface area (Å²) in [7, 11) is 0. The molecule has 2 aromatic rings. The van der Waals surface area contributed by atoms with Crippen LogP contribution in [-0.4, -0.2) is 4.37 Å². The Bertz CT molecular complexity index is 408. The lowest BCUT2D eigenvalue weighted by atomic mass is 10.2. The molecule has 0 radical (unpaired) electrons. The molecule has 0 atom stereocenters. The van der Waals surface area contributed by atoms with E-state index in [2.05, 4.69) is 4.37 Å². The topological polar surface area (TPSA) is 64.9 Å². The summed E-state index contributed by atoms with van der Waals surface area (Å²) < 4.78 is 5.25. The van der Waals surface area contributed by atoms with Crippen LogP contribution in [0.3, 0.4) is 0 Å². The summed E-state index contributed by atoms with van der Waals surface area (Å²) in [6.45, 7) is 0.476. The first-order valence-corrected chi connectivity index (χ1v) is 4.43. The molecule has 4 N–H and O–H groups in total. The molecule has 0 aliphatic carbocycles. The van der Waals surface area contributed by atoms with Crippen molar-refractivity contribution in [1.29, 1.82) is 0 Å². The summed E-state index contributed by atoms with van der Waals surface area (Å²) in [4.78, 5) is 0. The normalized spacial score (nSPS) is 10.8. The van der Waals surface area contributed by atoms with Gasteiger partial charge in [-0.2, -0.15) is 4.37 Å². The largest absolute Gasteiger partial charge is 0.398 e. The van der Waals surface area contributed by atoms with Crippen LogP contribution in [0.25, 0.3) is 10.1 Å². The molecule has 1 aromatic heterocycles. The molecule has 0 spiro atoms. The molecule has 0 aliphatic heterocycles. The van der Waals surface area contributed by atoms with Crippen LogP contribution in [0.2, 0.25) is 0 Å². The van der Waals surface area contributed by atoms with Gasteiger partial charge in [0.15, 0.2) is 0 Å². The van der Waals surface area contributed by atoms with Crippen molar-refractivity contribution in [2.75, 3.05) is 5.73 Å². The van der Waals surface area contributed by atoms with Crippen molar-refractivity contribution in [2.24, 2.45) is 5.73 Å². The smallest absolute Gasteiger partial charge is 0.0782 e. The number of hydrogen-bond donors (Lipinski definition) is 2. The molecule has 1 heterocycles. The lowest BCUT2D eigenvalue weighted by molar-refractivity contribution is 1.04. The highest BCUT2D eigenvalue weighted by Crippen LogP contribution is 2.27. The summed E-state index contributed by atoms with van der Waals surface area (Å²) in [6, 6.07) is 5.80. The van der Waals surface area contributed by atoms with Gasteiger partial charge in [0.05, 0.1) is 16.1 Å². The van der Waals surface area contributed by atoms with Crippen LogP contribution >= 0.6 is 11.5 Å². The fourth-order valence-electron chi connectivity index (χ4n) is 1.18. The molecule has 12 heavy (non-hydrogen) atoms. The molecule has 2 rings (SSSR count). The van der Waals surface area contributed by atoms with E-state index in [9.17, 15) is 0 Å². The van der Waals surface area contributed by atoms with Gasteiger partial charge in [-0.3, -0.25) is 0 Å². The van der Waals surface area contributed by atoms with E-state index in [-0.39, 0.29) is 0 Å². The third-order valence-corrected chi connectivity index (χ3v) is 2.75. The van der Waals surface area contributed by atoms with E-state index in [1.807, 2.05) is 18.2 Å². The number of aromatic nitrogens is 1. The van der Waals surface area contributed by atoms with Gasteiger partial charge >= 0.3 is 0 Å². The maximum atomic E-state index is 5.75. The number of anilines is 1. The zero-order valence-corrected chi connectivity index (χ0v) is 7.27. The number of rotatable bonds is 1. The number of nitrogens with two attached hydrogens (primary N) is 2. The zero-order valence-electron chi connectivity index (χ0n) is 6.45. The van der Waals surface area contributed by atoms with E-state index in [4.69, 9.17) is 11.5 Å². The van der Waals surface area contributed by atoms with Crippen molar-refractivity contribution in [1.82, 2.24) is 4.37 Å². The van der Waals surface area contributed by atoms with Crippen molar-refractivity contribution >= 4 is 27.3 Å². The lowest BCUT2D eigenvalue weighted by Crippen LogP contribution is -1.96. The molecule has 3 nitrogen and oxygen atoms in total. The molecule has 0 saturated carbocycles. The van der Waals surface area contributed by atoms with Gasteiger partial charge in [-0.15, -0.1) is 0 Å². The van der Waals surface area contributed by atoms with Crippen LogP contribution in [0.15, 0.2) is 18.2 Å². The second-order valence-electron chi connectivity index (χ2n) is 2.56. The number of benzene rings is 1. The van der Waals surface area contributed by atoms with Crippen LogP contribution in [0.5, 0.6) is 0 Å². The molecule has 1 aromatic carbocycles. The minimum atomic E-state index is 0.476. The van der Waals surface area contributed by atoms with E-state index >= 15 is 0 Å². The molecular weight excluding hydrogens is 170 g/mol. The van der Waals surface area contributed by atoms with E-state index in [1.165, 1.54) is 11.5 Å². The first-order chi connectivity index (χ1) is 5.83. The molecule has 0 saturated heterocycles. The Hall–Kier alpha value is -1.13. The van der Waals surface area contributed by atoms with Crippen molar-refractivity contribution in [3.63, 3.8) is 0 Å². The van der Waals surface area contributed by atoms with E-state index < -0.39 is 0 Å². The predicted octanol–water partition coefficient (Wildman–Crippen LogP) is 1.34. The minimum absolute atomic E-state index is 0.476. The number of hydrogen-bond acceptors (Lipinski definition) is 4. The quantitative estimate of drug-likeness (QED) is 0.649. The first kappa shape index (κ1) is 7.52. The molecule has 0 bridgehead atoms. The van der Waals surface area contributed by atoms with Crippen LogP contribution in [0.1, 0.15) is 5.69 Å². The van der Waals surface area contributed by atoms with Gasteiger partial charge < -0.3 is 11.5 Å². The molecule has 0 fully saturated rings. The fourth-order valence-corrected chi connectivity index (χ4v) is 2.01. The van der Waals surface area contributed by atoms with Gasteiger partial charge in [0, 0.05) is 11.9 Å². The molecule has 4 heteroatoms. The third kappa shape index (κ3) is 0.964. The molecule has 0 unspecified atom stereocenters. The maximum Gasteiger partial charge on any atom is 0.0782 e. The highest BCUT2D eigenvalue weighted by molar-refractivity contribution is 7.14. The lowest BCUT2D eigenvalue weighted by Gasteiger charge is -1.94. The Balaban J connectivity index is 2.80. The second kappa shape index (κ2) is 2.73. The summed E-state index contributed by atoms with van der Waals surface area (Å²) in [5.41, 5.74) is 13.0. The molecule has 62 valence electrons. The van der Waals surface area contributed by atoms with Gasteiger partial charge in [-0.05, 0) is 17.6 Å². The van der Waals surface area contributed by atoms with Crippen molar-refractivity contribution in [2.45, 2.75) is 6.54 Å². The van der Waals surface area contributed by atoms with E-state index in [1.54, 1.807) is 0 Å². The van der Waals surface area contributed by atoms with Crippen LogP contribution in [-0.2, 0) is 6.54 Å². The van der Waals surface area contributed by atoms with Crippen LogP contribution < -0.4 is 11.5 Å². The Morgan fingerprint density at radius 3 is 3.00 bits per heavy atom. The van der Waals surface area contributed by atoms with Crippen molar-refractivity contribution in [3.05, 3.63) is 23.9 Å². The first-order valence-electron chi connectivity index (χ1n) is 3.65. The zero-order chi connectivity index (χ0) is 8.55. The average molecular weight is 179 g/mol. The summed E-state index contributed by atoms with van der Waals surface area (Å²) in [5.74, 6) is 0. The summed E-state index contributed by atoms with van der Waals surface area (Å²) in [6.07, 6.45) is 0. The number of nitrogen functional groups attached to an aromatic ring is 1. The molecular formula is C8H9N3S. The van der Waals surface area contributed by atoms with Crippen LogP contribution in [0.4, 0.5) is 5.69 Å². The van der Waals surface area contributed by atoms with Crippen molar-refractivity contribution < 1.29 is 0 Å². The molecule has 0 amide bonds. The standard InChI is InChI=1S/C8H9N3S/c9-4-7-5-2-1-3-6(10)8(5)12-11-7/h1-3H,4,9-10H2. The third-order valence-electron chi connectivity index (χ3n) is 1.80. The highest BCUT2D eigenvalue weighted by Gasteiger charge is 2.05. The summed E-state index contributed by atoms with van der Waals surface area (Å²) in [5, 5.41) is 1.09. The highest BCUT2D eigenvalue weighted by atomic mass is 32.1. The monoisotopic (exact) mass is 179 g/mol. The minimum Gasteiger partial charge on any atom is -0.398 e. The van der Waals surface area contributed by atoms with Gasteiger partial charge in [-0.1, -0.05) is 12.1 Å². The Morgan fingerprint density at radius 2 is 2.25 bits per heavy atom. The van der Waals surface area contributed by atoms with Crippen molar-refractivity contribution in [3.8, 4) is 0 Å². The Morgan fingerprint density at radius 1 is 1.42 bits per heavy atom. The average Bonchev–Trinajstić information content (AvgIpc) is 2.49. The van der Waals surface area contributed by atoms with E-state index in [0.717, 1.165) is 21.5 Å². The molecule has 0 aliphatic rings. The predicted molar refractivity (Wildman–Crippen MR) is 51.9 cm³/mol. The van der Waals surface area contributed by atoms with Gasteiger partial charge in [0.2, 0.25) is 0 Å². The Kier molecular flexibility index (Phi) is 1.71. The maximum absolute atomic E-state index is 5.75. The van der Waals surface area contributed by atoms with Gasteiger partial charge in [-0.25, -0.2) is 0 Å². The second-order valence-corrected chi connectivity index (χ2v) is 3.33. The SMILES string of the molecule is NCc1nsc2c(N)cccc12. The van der Waals surface area contributed by atoms with Gasteiger partial charge in [0.1, 0.15) is 0 Å². The number of nitrogens with zero attached hydrogens (tertiary/aromatic N) is 1. The Labute approximate surface area is 74.2 Å².